The molecule has 1 aromatic rings. The summed E-state index contributed by atoms with van der Waals surface area (Å²) < 4.78 is 4.30. The normalized spacial score (nSPS) is 10.9. The minimum atomic E-state index is 0.539. The van der Waals surface area contributed by atoms with Crippen LogP contribution in [0.2, 0.25) is 0 Å². The van der Waals surface area contributed by atoms with E-state index in [1.165, 1.54) is 11.5 Å². The zero-order valence-electron chi connectivity index (χ0n) is 9.21. The first kappa shape index (κ1) is 11.4. The van der Waals surface area contributed by atoms with Crippen molar-refractivity contribution >= 4 is 16.7 Å². The van der Waals surface area contributed by atoms with Crippen LogP contribution in [0.25, 0.3) is 0 Å². The number of rotatable bonds is 6. The van der Waals surface area contributed by atoms with E-state index in [-0.39, 0.29) is 0 Å². The van der Waals surface area contributed by atoms with E-state index in [1.807, 2.05) is 0 Å². The molecule has 0 unspecified atom stereocenters. The van der Waals surface area contributed by atoms with E-state index in [0.29, 0.717) is 6.04 Å². The lowest BCUT2D eigenvalue weighted by molar-refractivity contribution is 0.670. The van der Waals surface area contributed by atoms with Crippen LogP contribution in [-0.2, 0) is 6.42 Å². The lowest BCUT2D eigenvalue weighted by atomic mass is 10.2. The Kier molecular flexibility index (Phi) is 4.87. The second kappa shape index (κ2) is 5.96. The van der Waals surface area contributed by atoms with Crippen molar-refractivity contribution in [1.82, 2.24) is 9.36 Å². The maximum atomic E-state index is 4.43. The number of nitrogens with zero attached hydrogens (tertiary/aromatic N) is 2. The molecule has 4 heteroatoms. The summed E-state index contributed by atoms with van der Waals surface area (Å²) in [5.74, 6) is 0.978. The fourth-order valence-electron chi connectivity index (χ4n) is 1.31. The van der Waals surface area contributed by atoms with Crippen molar-refractivity contribution in [2.75, 3.05) is 5.32 Å². The first-order valence-corrected chi connectivity index (χ1v) is 6.16. The predicted octanol–water partition coefficient (Wildman–Crippen LogP) is 3.09. The van der Waals surface area contributed by atoms with Gasteiger partial charge in [0, 0.05) is 24.0 Å². The third-order valence-corrected chi connectivity index (χ3v) is 2.94. The van der Waals surface area contributed by atoms with Gasteiger partial charge in [-0.15, -0.1) is 0 Å². The molecule has 0 amide bonds. The van der Waals surface area contributed by atoms with Gasteiger partial charge in [-0.2, -0.15) is 4.37 Å². The molecule has 3 nitrogen and oxygen atoms in total. The van der Waals surface area contributed by atoms with Crippen LogP contribution in [-0.4, -0.2) is 15.4 Å². The Morgan fingerprint density at radius 1 is 1.29 bits per heavy atom. The summed E-state index contributed by atoms with van der Waals surface area (Å²) in [7, 11) is 0. The molecule has 1 aromatic heterocycles. The Morgan fingerprint density at radius 2 is 2.00 bits per heavy atom. The lowest BCUT2D eigenvalue weighted by Crippen LogP contribution is -2.16. The van der Waals surface area contributed by atoms with Crippen LogP contribution in [0.4, 0.5) is 5.13 Å². The Balaban J connectivity index is 2.49. The van der Waals surface area contributed by atoms with Crippen LogP contribution in [0.5, 0.6) is 0 Å². The van der Waals surface area contributed by atoms with Crippen molar-refractivity contribution < 1.29 is 0 Å². The molecule has 0 spiro atoms. The van der Waals surface area contributed by atoms with Crippen molar-refractivity contribution in [1.29, 1.82) is 0 Å². The second-order valence-corrected chi connectivity index (χ2v) is 4.18. The Bertz CT molecular complexity index is 256. The molecule has 0 aromatic carbocycles. The topological polar surface area (TPSA) is 37.8 Å². The molecule has 0 radical (unpaired) electrons. The summed E-state index contributed by atoms with van der Waals surface area (Å²) in [5.41, 5.74) is 0. The van der Waals surface area contributed by atoms with Gasteiger partial charge < -0.3 is 5.32 Å². The second-order valence-electron chi connectivity index (χ2n) is 3.42. The lowest BCUT2D eigenvalue weighted by Gasteiger charge is -2.12. The largest absolute Gasteiger partial charge is 0.358 e. The highest BCUT2D eigenvalue weighted by Gasteiger charge is 2.07. The number of hydrogen-bond acceptors (Lipinski definition) is 4. The first-order chi connectivity index (χ1) is 6.80. The number of aryl methyl sites for hydroxylation is 1. The van der Waals surface area contributed by atoms with E-state index in [2.05, 4.69) is 35.4 Å². The van der Waals surface area contributed by atoms with Crippen molar-refractivity contribution in [2.24, 2.45) is 0 Å². The summed E-state index contributed by atoms with van der Waals surface area (Å²) in [6.45, 7) is 6.53. The van der Waals surface area contributed by atoms with E-state index in [0.717, 1.165) is 36.6 Å². The van der Waals surface area contributed by atoms with Gasteiger partial charge in [0.2, 0.25) is 5.13 Å². The molecule has 0 aliphatic carbocycles. The number of anilines is 1. The monoisotopic (exact) mass is 213 g/mol. The maximum absolute atomic E-state index is 4.43. The minimum absolute atomic E-state index is 0.539. The summed E-state index contributed by atoms with van der Waals surface area (Å²) in [6, 6.07) is 0.539. The number of hydrogen-bond donors (Lipinski definition) is 1. The smallest absolute Gasteiger partial charge is 0.202 e. The van der Waals surface area contributed by atoms with Gasteiger partial charge in [0.1, 0.15) is 5.82 Å². The SMILES string of the molecule is CCCc1nsc(NC(CC)CC)n1. The molecular weight excluding hydrogens is 194 g/mol. The van der Waals surface area contributed by atoms with Gasteiger partial charge in [-0.1, -0.05) is 20.8 Å². The standard InChI is InChI=1S/C10H19N3S/c1-4-7-9-12-10(14-13-9)11-8(5-2)6-3/h8H,4-7H2,1-3H3,(H,11,12,13). The Morgan fingerprint density at radius 3 is 2.57 bits per heavy atom. The molecule has 0 saturated carbocycles. The fraction of sp³-hybridized carbons (Fsp3) is 0.800. The number of nitrogens with one attached hydrogen (secondary N) is 1. The third kappa shape index (κ3) is 3.25. The van der Waals surface area contributed by atoms with Gasteiger partial charge in [0.15, 0.2) is 0 Å². The van der Waals surface area contributed by atoms with Gasteiger partial charge in [0.05, 0.1) is 0 Å². The minimum Gasteiger partial charge on any atom is -0.358 e. The molecule has 0 atom stereocenters. The van der Waals surface area contributed by atoms with Crippen LogP contribution in [0.3, 0.4) is 0 Å². The van der Waals surface area contributed by atoms with Crippen LogP contribution in [0.15, 0.2) is 0 Å². The van der Waals surface area contributed by atoms with E-state index >= 15 is 0 Å². The van der Waals surface area contributed by atoms with Crippen LogP contribution in [0, 0.1) is 0 Å². The van der Waals surface area contributed by atoms with E-state index in [9.17, 15) is 0 Å². The summed E-state index contributed by atoms with van der Waals surface area (Å²) in [5, 5.41) is 4.38. The molecule has 80 valence electrons. The van der Waals surface area contributed by atoms with Crippen molar-refractivity contribution in [2.45, 2.75) is 52.5 Å². The van der Waals surface area contributed by atoms with Gasteiger partial charge in [-0.05, 0) is 19.3 Å². The molecular formula is C10H19N3S. The molecule has 0 fully saturated rings. The molecule has 0 saturated heterocycles. The van der Waals surface area contributed by atoms with Gasteiger partial charge >= 0.3 is 0 Å². The highest BCUT2D eigenvalue weighted by atomic mass is 32.1. The Labute approximate surface area is 90.1 Å². The zero-order chi connectivity index (χ0) is 10.4. The zero-order valence-corrected chi connectivity index (χ0v) is 10.0. The third-order valence-electron chi connectivity index (χ3n) is 2.25. The fourth-order valence-corrected chi connectivity index (χ4v) is 1.99. The summed E-state index contributed by atoms with van der Waals surface area (Å²) >= 11 is 1.48. The molecule has 1 rings (SSSR count). The quantitative estimate of drug-likeness (QED) is 0.789. The highest BCUT2D eigenvalue weighted by Crippen LogP contribution is 2.15. The van der Waals surface area contributed by atoms with Crippen LogP contribution >= 0.6 is 11.5 Å². The van der Waals surface area contributed by atoms with Crippen LogP contribution in [0.1, 0.15) is 45.9 Å². The molecule has 0 aliphatic rings. The van der Waals surface area contributed by atoms with Gasteiger partial charge in [-0.3, -0.25) is 0 Å². The molecule has 1 heterocycles. The molecule has 0 bridgehead atoms. The Hall–Kier alpha value is -0.640. The van der Waals surface area contributed by atoms with E-state index in [4.69, 9.17) is 0 Å². The van der Waals surface area contributed by atoms with E-state index < -0.39 is 0 Å². The molecule has 14 heavy (non-hydrogen) atoms. The van der Waals surface area contributed by atoms with Crippen molar-refractivity contribution in [3.05, 3.63) is 5.82 Å². The van der Waals surface area contributed by atoms with Crippen molar-refractivity contribution in [3.63, 3.8) is 0 Å². The first-order valence-electron chi connectivity index (χ1n) is 5.39. The van der Waals surface area contributed by atoms with Crippen molar-refractivity contribution in [3.8, 4) is 0 Å². The van der Waals surface area contributed by atoms with E-state index in [1.54, 1.807) is 0 Å². The van der Waals surface area contributed by atoms with Gasteiger partial charge in [0.25, 0.3) is 0 Å². The average Bonchev–Trinajstić information content (AvgIpc) is 2.63. The van der Waals surface area contributed by atoms with Crippen LogP contribution < -0.4 is 5.32 Å². The predicted molar refractivity (Wildman–Crippen MR) is 61.9 cm³/mol. The number of aromatic nitrogens is 2. The summed E-state index contributed by atoms with van der Waals surface area (Å²) in [6.07, 6.45) is 4.38. The molecule has 0 aliphatic heterocycles. The average molecular weight is 213 g/mol. The van der Waals surface area contributed by atoms with Gasteiger partial charge in [-0.25, -0.2) is 4.98 Å². The molecule has 1 N–H and O–H groups in total. The summed E-state index contributed by atoms with van der Waals surface area (Å²) in [4.78, 5) is 4.43. The highest BCUT2D eigenvalue weighted by molar-refractivity contribution is 7.09. The maximum Gasteiger partial charge on any atom is 0.202 e.